The molecule has 4 rings (SSSR count). The van der Waals surface area contributed by atoms with Crippen LogP contribution in [0.1, 0.15) is 30.3 Å². The summed E-state index contributed by atoms with van der Waals surface area (Å²) in [6.07, 6.45) is 4.67. The number of rotatable bonds is 4. The molecule has 0 spiro atoms. The highest BCUT2D eigenvalue weighted by Gasteiger charge is 2.28. The predicted octanol–water partition coefficient (Wildman–Crippen LogP) is 4.60. The molecule has 1 saturated heterocycles. The summed E-state index contributed by atoms with van der Waals surface area (Å²) < 4.78 is 5.73. The molecule has 6 nitrogen and oxygen atoms in total. The van der Waals surface area contributed by atoms with Crippen LogP contribution in [0.5, 0.6) is 0 Å². The molecule has 2 N–H and O–H groups in total. The van der Waals surface area contributed by atoms with Gasteiger partial charge in [0.1, 0.15) is 5.76 Å². The first kappa shape index (κ1) is 19.5. The number of hydrogen-bond donors (Lipinski definition) is 2. The first-order chi connectivity index (χ1) is 13.9. The summed E-state index contributed by atoms with van der Waals surface area (Å²) in [7, 11) is 0. The molecule has 3 aromatic rings. The van der Waals surface area contributed by atoms with Gasteiger partial charge >= 0.3 is 0 Å². The number of piperidine rings is 1. The number of benzene rings is 1. The van der Waals surface area contributed by atoms with Crippen molar-refractivity contribution in [2.24, 2.45) is 0 Å². The number of pyridine rings is 1. The number of anilines is 2. The van der Waals surface area contributed by atoms with E-state index in [0.717, 1.165) is 11.3 Å². The Morgan fingerprint density at radius 2 is 1.90 bits per heavy atom. The van der Waals surface area contributed by atoms with Gasteiger partial charge in [-0.15, -0.1) is 0 Å². The largest absolute Gasteiger partial charge is 0.451 e. The smallest absolute Gasteiger partial charge is 0.291 e. The number of amides is 1. The molecule has 1 aliphatic rings. The molecule has 1 aliphatic heterocycles. The Morgan fingerprint density at radius 3 is 2.62 bits per heavy atom. The maximum Gasteiger partial charge on any atom is 0.291 e. The van der Waals surface area contributed by atoms with E-state index in [0.29, 0.717) is 42.4 Å². The number of hydrogen-bond acceptors (Lipinski definition) is 5. The summed E-state index contributed by atoms with van der Waals surface area (Å²) in [4.78, 5) is 18.9. The average Bonchev–Trinajstić information content (AvgIpc) is 3.20. The minimum Gasteiger partial charge on any atom is -0.451 e. The van der Waals surface area contributed by atoms with Crippen molar-refractivity contribution in [2.45, 2.75) is 25.4 Å². The number of carbonyl (C=O) groups excluding carboxylic acids is 1. The molecule has 150 valence electrons. The van der Waals surface area contributed by atoms with Crippen molar-refractivity contribution in [3.05, 3.63) is 65.6 Å². The molecule has 0 radical (unpaired) electrons. The van der Waals surface area contributed by atoms with Crippen LogP contribution >= 0.6 is 11.6 Å². The molecule has 0 unspecified atom stereocenters. The van der Waals surface area contributed by atoms with Gasteiger partial charge in [0.15, 0.2) is 5.76 Å². The molecule has 29 heavy (non-hydrogen) atoms. The van der Waals surface area contributed by atoms with Gasteiger partial charge in [-0.1, -0.05) is 11.6 Å². The van der Waals surface area contributed by atoms with Crippen molar-refractivity contribution in [3.63, 3.8) is 0 Å². The van der Waals surface area contributed by atoms with E-state index in [1.54, 1.807) is 36.7 Å². The highest BCUT2D eigenvalue weighted by atomic mass is 35.5. The van der Waals surface area contributed by atoms with Crippen LogP contribution in [-0.4, -0.2) is 34.7 Å². The van der Waals surface area contributed by atoms with Gasteiger partial charge < -0.3 is 19.7 Å². The molecule has 0 bridgehead atoms. The molecule has 2 aromatic heterocycles. The minimum atomic E-state index is -0.649. The summed E-state index contributed by atoms with van der Waals surface area (Å²) in [5, 5.41) is 13.7. The van der Waals surface area contributed by atoms with E-state index in [2.05, 4.69) is 15.2 Å². The summed E-state index contributed by atoms with van der Waals surface area (Å²) >= 11 is 6.18. The fourth-order valence-electron chi connectivity index (χ4n) is 3.43. The Labute approximate surface area is 174 Å². The molecule has 0 saturated carbocycles. The fourth-order valence-corrected chi connectivity index (χ4v) is 3.60. The molecular formula is C22H22ClN3O3. The van der Waals surface area contributed by atoms with Crippen LogP contribution in [0.4, 0.5) is 11.4 Å². The molecule has 0 atom stereocenters. The van der Waals surface area contributed by atoms with Gasteiger partial charge in [-0.3, -0.25) is 9.78 Å². The zero-order chi connectivity index (χ0) is 20.4. The van der Waals surface area contributed by atoms with E-state index >= 15 is 0 Å². The van der Waals surface area contributed by atoms with Crippen molar-refractivity contribution < 1.29 is 14.3 Å². The monoisotopic (exact) mass is 411 g/mol. The van der Waals surface area contributed by atoms with Gasteiger partial charge in [-0.25, -0.2) is 0 Å². The Kier molecular flexibility index (Phi) is 5.30. The average molecular weight is 412 g/mol. The number of aliphatic hydroxyl groups is 1. The highest BCUT2D eigenvalue weighted by molar-refractivity contribution is 6.31. The van der Waals surface area contributed by atoms with Gasteiger partial charge in [0, 0.05) is 36.1 Å². The summed E-state index contributed by atoms with van der Waals surface area (Å²) in [6, 6.07) is 12.5. The summed E-state index contributed by atoms with van der Waals surface area (Å²) in [5.41, 5.74) is 1.69. The van der Waals surface area contributed by atoms with E-state index in [1.165, 1.54) is 0 Å². The Hall–Kier alpha value is -2.83. The standard InChI is InChI=1S/C22H22ClN3O3/c1-22(28)8-12-26(13-9-22)18-3-2-16(23)14-17(18)25-21(27)20-5-4-19(29-20)15-6-10-24-11-7-15/h2-7,10-11,14,28H,8-9,12-13H2,1H3,(H,25,27). The Morgan fingerprint density at radius 1 is 1.17 bits per heavy atom. The van der Waals surface area contributed by atoms with Crippen LogP contribution in [-0.2, 0) is 0 Å². The second kappa shape index (κ2) is 7.89. The van der Waals surface area contributed by atoms with Crippen LogP contribution in [0.3, 0.4) is 0 Å². The first-order valence-corrected chi connectivity index (χ1v) is 9.88. The zero-order valence-corrected chi connectivity index (χ0v) is 16.8. The predicted molar refractivity (Wildman–Crippen MR) is 113 cm³/mol. The summed E-state index contributed by atoms with van der Waals surface area (Å²) in [6.45, 7) is 3.25. The van der Waals surface area contributed by atoms with Crippen LogP contribution in [0.2, 0.25) is 5.02 Å². The number of nitrogens with one attached hydrogen (secondary N) is 1. The van der Waals surface area contributed by atoms with Crippen molar-refractivity contribution in [2.75, 3.05) is 23.3 Å². The lowest BCUT2D eigenvalue weighted by Gasteiger charge is -2.37. The molecular weight excluding hydrogens is 390 g/mol. The summed E-state index contributed by atoms with van der Waals surface area (Å²) in [5.74, 6) is 0.462. The van der Waals surface area contributed by atoms with E-state index < -0.39 is 5.60 Å². The maximum atomic E-state index is 12.8. The Bertz CT molecular complexity index is 1010. The van der Waals surface area contributed by atoms with E-state index in [1.807, 2.05) is 25.1 Å². The highest BCUT2D eigenvalue weighted by Crippen LogP contribution is 2.33. The fraction of sp³-hybridized carbons (Fsp3) is 0.273. The van der Waals surface area contributed by atoms with Gasteiger partial charge in [-0.05, 0) is 62.2 Å². The number of aromatic nitrogens is 1. The van der Waals surface area contributed by atoms with E-state index in [4.69, 9.17) is 16.0 Å². The van der Waals surface area contributed by atoms with Gasteiger partial charge in [-0.2, -0.15) is 0 Å². The third-order valence-corrected chi connectivity index (χ3v) is 5.42. The quantitative estimate of drug-likeness (QED) is 0.656. The first-order valence-electron chi connectivity index (χ1n) is 9.50. The third kappa shape index (κ3) is 4.44. The SMILES string of the molecule is CC1(O)CCN(c2ccc(Cl)cc2NC(=O)c2ccc(-c3ccncc3)o2)CC1. The molecule has 1 fully saturated rings. The van der Waals surface area contributed by atoms with Gasteiger partial charge in [0.05, 0.1) is 17.0 Å². The van der Waals surface area contributed by atoms with Crippen LogP contribution in [0.25, 0.3) is 11.3 Å². The van der Waals surface area contributed by atoms with E-state index in [9.17, 15) is 9.90 Å². The zero-order valence-electron chi connectivity index (χ0n) is 16.1. The van der Waals surface area contributed by atoms with Gasteiger partial charge in [0.2, 0.25) is 0 Å². The Balaban J connectivity index is 1.54. The topological polar surface area (TPSA) is 78.6 Å². The normalized spacial score (nSPS) is 15.9. The molecule has 7 heteroatoms. The number of halogens is 1. The lowest BCUT2D eigenvalue weighted by atomic mass is 9.93. The lowest BCUT2D eigenvalue weighted by molar-refractivity contribution is 0.0351. The van der Waals surface area contributed by atoms with Gasteiger partial charge in [0.25, 0.3) is 5.91 Å². The number of furan rings is 1. The number of carbonyl (C=O) groups is 1. The van der Waals surface area contributed by atoms with Crippen molar-refractivity contribution in [1.82, 2.24) is 4.98 Å². The lowest BCUT2D eigenvalue weighted by Crippen LogP contribution is -2.42. The van der Waals surface area contributed by atoms with Crippen LogP contribution < -0.4 is 10.2 Å². The van der Waals surface area contributed by atoms with Crippen LogP contribution in [0.15, 0.2) is 59.3 Å². The third-order valence-electron chi connectivity index (χ3n) is 5.18. The second-order valence-corrected chi connectivity index (χ2v) is 7.94. The second-order valence-electron chi connectivity index (χ2n) is 7.50. The van der Waals surface area contributed by atoms with Crippen molar-refractivity contribution in [1.29, 1.82) is 0 Å². The van der Waals surface area contributed by atoms with Crippen LogP contribution in [0, 0.1) is 0 Å². The molecule has 3 heterocycles. The molecule has 1 aromatic carbocycles. The number of nitrogens with zero attached hydrogens (tertiary/aromatic N) is 2. The van der Waals surface area contributed by atoms with E-state index in [-0.39, 0.29) is 11.7 Å². The van der Waals surface area contributed by atoms with Crippen molar-refractivity contribution in [3.8, 4) is 11.3 Å². The molecule has 0 aliphatic carbocycles. The maximum absolute atomic E-state index is 12.8. The van der Waals surface area contributed by atoms with Crippen molar-refractivity contribution >= 4 is 28.9 Å². The molecule has 1 amide bonds. The minimum absolute atomic E-state index is 0.212.